The number of fused-ring (bicyclic) bond motifs is 3. The maximum absolute atomic E-state index is 11.2. The fraction of sp³-hybridized carbons (Fsp3) is 0.700. The lowest BCUT2D eigenvalue weighted by molar-refractivity contribution is -0.130. The predicted octanol–water partition coefficient (Wildman–Crippen LogP) is 1.93. The van der Waals surface area contributed by atoms with E-state index in [4.69, 9.17) is 0 Å². The van der Waals surface area contributed by atoms with Crippen LogP contribution in [0.4, 0.5) is 0 Å². The van der Waals surface area contributed by atoms with E-state index in [9.17, 15) is 4.79 Å². The Morgan fingerprint density at radius 3 is 3.18 bits per heavy atom. The van der Waals surface area contributed by atoms with E-state index >= 15 is 0 Å². The van der Waals surface area contributed by atoms with Crippen molar-refractivity contribution in [2.45, 2.75) is 25.7 Å². The lowest BCUT2D eigenvalue weighted by Crippen LogP contribution is -2.33. The smallest absolute Gasteiger partial charge is 0.140 e. The number of hydrogen-bond acceptors (Lipinski definition) is 1. The lowest BCUT2D eigenvalue weighted by Gasteiger charge is -2.28. The summed E-state index contributed by atoms with van der Waals surface area (Å²) < 4.78 is 0. The number of rotatable bonds is 0. The van der Waals surface area contributed by atoms with Gasteiger partial charge in [0.1, 0.15) is 5.78 Å². The van der Waals surface area contributed by atoms with Crippen LogP contribution in [0.5, 0.6) is 0 Å². The number of hydrogen-bond donors (Lipinski definition) is 0. The molecular formula is C10H12O. The first kappa shape index (κ1) is 5.99. The zero-order valence-electron chi connectivity index (χ0n) is 6.55. The maximum atomic E-state index is 11.2. The van der Waals surface area contributed by atoms with Gasteiger partial charge in [-0.15, -0.1) is 0 Å². The summed E-state index contributed by atoms with van der Waals surface area (Å²) in [6.07, 6.45) is 7.10. The Bertz CT molecular complexity index is 252. The quantitative estimate of drug-likeness (QED) is 0.480. The molecule has 2 fully saturated rings. The Hall–Kier alpha value is -0.590. The van der Waals surface area contributed by atoms with Crippen molar-refractivity contribution in [2.24, 2.45) is 17.8 Å². The topological polar surface area (TPSA) is 17.1 Å². The number of ketones is 1. The minimum Gasteiger partial charge on any atom is -0.299 e. The van der Waals surface area contributed by atoms with Gasteiger partial charge in [-0.25, -0.2) is 0 Å². The number of Topliss-reactive ketones (excluding diaryl/α,β-unsaturated/α-hetero) is 1. The van der Waals surface area contributed by atoms with Crippen molar-refractivity contribution in [3.05, 3.63) is 11.6 Å². The highest BCUT2D eigenvalue weighted by Crippen LogP contribution is 2.54. The van der Waals surface area contributed by atoms with Gasteiger partial charge < -0.3 is 0 Å². The molecule has 0 aromatic heterocycles. The third-order valence-electron chi connectivity index (χ3n) is 3.59. The first-order valence-corrected chi connectivity index (χ1v) is 4.59. The van der Waals surface area contributed by atoms with E-state index in [1.807, 2.05) is 0 Å². The van der Waals surface area contributed by atoms with Crippen molar-refractivity contribution in [3.63, 3.8) is 0 Å². The van der Waals surface area contributed by atoms with Crippen molar-refractivity contribution in [3.8, 4) is 0 Å². The second kappa shape index (κ2) is 1.77. The van der Waals surface area contributed by atoms with Gasteiger partial charge in [0, 0.05) is 12.3 Å². The Morgan fingerprint density at radius 2 is 2.36 bits per heavy atom. The van der Waals surface area contributed by atoms with Crippen molar-refractivity contribution >= 4 is 5.78 Å². The van der Waals surface area contributed by atoms with Gasteiger partial charge in [-0.05, 0) is 31.1 Å². The molecule has 3 aliphatic carbocycles. The second-order valence-electron chi connectivity index (χ2n) is 4.12. The van der Waals surface area contributed by atoms with Crippen LogP contribution in [0.1, 0.15) is 25.7 Å². The highest BCUT2D eigenvalue weighted by Gasteiger charge is 2.50. The summed E-state index contributed by atoms with van der Waals surface area (Å²) in [6, 6.07) is 0. The summed E-state index contributed by atoms with van der Waals surface area (Å²) in [6.45, 7) is 0. The van der Waals surface area contributed by atoms with Gasteiger partial charge in [0.25, 0.3) is 0 Å². The zero-order chi connectivity index (χ0) is 7.42. The molecule has 0 aromatic carbocycles. The standard InChI is InChI=1S/C10H12O/c11-9-5-7-4-6-2-1-3-8(6)10(7)9/h3,6-7,10H,1-2,4-5H2. The van der Waals surface area contributed by atoms with Crippen LogP contribution >= 0.6 is 0 Å². The molecule has 58 valence electrons. The van der Waals surface area contributed by atoms with Crippen LogP contribution in [0.3, 0.4) is 0 Å². The summed E-state index contributed by atoms with van der Waals surface area (Å²) in [5.74, 6) is 2.50. The molecule has 1 nitrogen and oxygen atoms in total. The fourth-order valence-corrected chi connectivity index (χ4v) is 3.07. The summed E-state index contributed by atoms with van der Waals surface area (Å²) in [7, 11) is 0. The third-order valence-corrected chi connectivity index (χ3v) is 3.59. The van der Waals surface area contributed by atoms with Gasteiger partial charge in [-0.1, -0.05) is 11.6 Å². The number of carbonyl (C=O) groups is 1. The predicted molar refractivity (Wildman–Crippen MR) is 42.0 cm³/mol. The largest absolute Gasteiger partial charge is 0.299 e. The molecular weight excluding hydrogens is 136 g/mol. The van der Waals surface area contributed by atoms with Crippen LogP contribution in [0, 0.1) is 17.8 Å². The van der Waals surface area contributed by atoms with E-state index in [0.717, 1.165) is 18.3 Å². The summed E-state index contributed by atoms with van der Waals surface area (Å²) in [5.41, 5.74) is 1.52. The van der Waals surface area contributed by atoms with Crippen LogP contribution in [0.15, 0.2) is 11.6 Å². The number of carbonyl (C=O) groups excluding carboxylic acids is 1. The highest BCUT2D eigenvalue weighted by molar-refractivity contribution is 5.91. The van der Waals surface area contributed by atoms with E-state index in [0.29, 0.717) is 11.7 Å². The SMILES string of the molecule is O=C1CC2CC3CCC=C3C12. The fourth-order valence-electron chi connectivity index (χ4n) is 3.07. The van der Waals surface area contributed by atoms with Crippen molar-refractivity contribution in [1.29, 1.82) is 0 Å². The molecule has 3 atom stereocenters. The molecule has 0 aromatic rings. The number of allylic oxidation sites excluding steroid dienone is 2. The molecule has 0 saturated heterocycles. The van der Waals surface area contributed by atoms with E-state index in [1.54, 1.807) is 0 Å². The van der Waals surface area contributed by atoms with Gasteiger partial charge in [0.15, 0.2) is 0 Å². The van der Waals surface area contributed by atoms with E-state index in [2.05, 4.69) is 6.08 Å². The Kier molecular flexibility index (Phi) is 0.961. The normalized spacial score (nSPS) is 46.4. The Labute approximate surface area is 66.5 Å². The molecule has 3 unspecified atom stereocenters. The van der Waals surface area contributed by atoms with Gasteiger partial charge in [-0.3, -0.25) is 4.79 Å². The first-order chi connectivity index (χ1) is 5.36. The van der Waals surface area contributed by atoms with Crippen LogP contribution in [-0.4, -0.2) is 5.78 Å². The van der Waals surface area contributed by atoms with Crippen molar-refractivity contribution < 1.29 is 4.79 Å². The Morgan fingerprint density at radius 1 is 1.45 bits per heavy atom. The van der Waals surface area contributed by atoms with Crippen molar-refractivity contribution in [1.82, 2.24) is 0 Å². The molecule has 0 radical (unpaired) electrons. The minimum atomic E-state index is 0.405. The van der Waals surface area contributed by atoms with Gasteiger partial charge in [0.05, 0.1) is 0 Å². The average Bonchev–Trinajstić information content (AvgIpc) is 2.43. The van der Waals surface area contributed by atoms with Crippen molar-refractivity contribution in [2.75, 3.05) is 0 Å². The van der Waals surface area contributed by atoms with Gasteiger partial charge in [0.2, 0.25) is 0 Å². The molecule has 0 amide bonds. The maximum Gasteiger partial charge on any atom is 0.140 e. The molecule has 0 spiro atoms. The van der Waals surface area contributed by atoms with Gasteiger partial charge >= 0.3 is 0 Å². The van der Waals surface area contributed by atoms with Crippen LogP contribution in [0.2, 0.25) is 0 Å². The van der Waals surface area contributed by atoms with Gasteiger partial charge in [-0.2, -0.15) is 0 Å². The second-order valence-corrected chi connectivity index (χ2v) is 4.12. The highest BCUT2D eigenvalue weighted by atomic mass is 16.1. The molecule has 0 aliphatic heterocycles. The lowest BCUT2D eigenvalue weighted by atomic mass is 9.73. The first-order valence-electron chi connectivity index (χ1n) is 4.59. The molecule has 2 saturated carbocycles. The Balaban J connectivity index is 1.99. The summed E-state index contributed by atoms with van der Waals surface area (Å²) >= 11 is 0. The molecule has 11 heavy (non-hydrogen) atoms. The van der Waals surface area contributed by atoms with Crippen LogP contribution in [-0.2, 0) is 4.79 Å². The third kappa shape index (κ3) is 0.597. The molecule has 3 rings (SSSR count). The summed E-state index contributed by atoms with van der Waals surface area (Å²) in [5, 5.41) is 0. The monoisotopic (exact) mass is 148 g/mol. The van der Waals surface area contributed by atoms with E-state index in [-0.39, 0.29) is 0 Å². The molecule has 3 aliphatic rings. The van der Waals surface area contributed by atoms with E-state index in [1.165, 1.54) is 24.8 Å². The molecule has 0 bridgehead atoms. The molecule has 0 heterocycles. The molecule has 1 heteroatoms. The average molecular weight is 148 g/mol. The van der Waals surface area contributed by atoms with E-state index < -0.39 is 0 Å². The zero-order valence-corrected chi connectivity index (χ0v) is 6.55. The van der Waals surface area contributed by atoms with Crippen LogP contribution < -0.4 is 0 Å². The minimum absolute atomic E-state index is 0.405. The summed E-state index contributed by atoms with van der Waals surface area (Å²) in [4.78, 5) is 11.2. The van der Waals surface area contributed by atoms with Crippen LogP contribution in [0.25, 0.3) is 0 Å². The molecule has 0 N–H and O–H groups in total.